The molecule has 0 unspecified atom stereocenters. The Balaban J connectivity index is 2.43. The monoisotopic (exact) mass is 240 g/mol. The number of amides is 2. The van der Waals surface area contributed by atoms with E-state index in [4.69, 9.17) is 0 Å². The molecule has 1 N–H and O–H groups in total. The first kappa shape index (κ1) is 14.3. The summed E-state index contributed by atoms with van der Waals surface area (Å²) in [5.74, 6) is 0.702. The lowest BCUT2D eigenvalue weighted by Crippen LogP contribution is -2.47. The van der Waals surface area contributed by atoms with Crippen LogP contribution in [0.25, 0.3) is 0 Å². The fourth-order valence-electron chi connectivity index (χ4n) is 2.82. The summed E-state index contributed by atoms with van der Waals surface area (Å²) in [6.45, 7) is 5.18. The predicted molar refractivity (Wildman–Crippen MR) is 72.1 cm³/mol. The highest BCUT2D eigenvalue weighted by Crippen LogP contribution is 2.28. The van der Waals surface area contributed by atoms with Crippen molar-refractivity contribution in [1.29, 1.82) is 0 Å². The summed E-state index contributed by atoms with van der Waals surface area (Å²) in [5, 5.41) is 3.23. The summed E-state index contributed by atoms with van der Waals surface area (Å²) < 4.78 is 0. The zero-order valence-electron chi connectivity index (χ0n) is 11.7. The van der Waals surface area contributed by atoms with E-state index in [0.29, 0.717) is 12.0 Å². The minimum absolute atomic E-state index is 0.111. The Morgan fingerprint density at radius 2 is 1.94 bits per heavy atom. The minimum atomic E-state index is 0.111. The highest BCUT2D eigenvalue weighted by Gasteiger charge is 2.26. The molecule has 0 saturated heterocycles. The first-order chi connectivity index (χ1) is 8.19. The summed E-state index contributed by atoms with van der Waals surface area (Å²) in [6, 6.07) is 0.523. The third kappa shape index (κ3) is 4.57. The Morgan fingerprint density at radius 3 is 2.59 bits per heavy atom. The Hall–Kier alpha value is -0.730. The maximum atomic E-state index is 12.0. The second kappa shape index (κ2) is 7.57. The van der Waals surface area contributed by atoms with Crippen molar-refractivity contribution in [1.82, 2.24) is 10.2 Å². The molecule has 0 radical (unpaired) electrons. The summed E-state index contributed by atoms with van der Waals surface area (Å²) >= 11 is 0. The van der Waals surface area contributed by atoms with Gasteiger partial charge < -0.3 is 10.2 Å². The van der Waals surface area contributed by atoms with Crippen molar-refractivity contribution in [2.45, 2.75) is 64.8 Å². The molecule has 0 spiro atoms. The number of hydrogen-bond donors (Lipinski definition) is 1. The molecule has 1 rings (SSSR count). The van der Waals surface area contributed by atoms with E-state index < -0.39 is 0 Å². The molecule has 1 saturated carbocycles. The zero-order chi connectivity index (χ0) is 12.7. The van der Waals surface area contributed by atoms with Crippen molar-refractivity contribution < 1.29 is 4.79 Å². The molecule has 0 aromatic heterocycles. The van der Waals surface area contributed by atoms with Crippen molar-refractivity contribution in [2.24, 2.45) is 5.92 Å². The molecule has 0 aliphatic heterocycles. The lowest BCUT2D eigenvalue weighted by Gasteiger charge is -2.33. The molecule has 17 heavy (non-hydrogen) atoms. The number of hydrogen-bond acceptors (Lipinski definition) is 1. The predicted octanol–water partition coefficient (Wildman–Crippen LogP) is 3.40. The topological polar surface area (TPSA) is 32.3 Å². The second-order valence-electron chi connectivity index (χ2n) is 5.31. The van der Waals surface area contributed by atoms with E-state index >= 15 is 0 Å². The van der Waals surface area contributed by atoms with E-state index in [1.165, 1.54) is 32.1 Å². The van der Waals surface area contributed by atoms with Crippen LogP contribution < -0.4 is 5.32 Å². The van der Waals surface area contributed by atoms with Crippen molar-refractivity contribution in [3.63, 3.8) is 0 Å². The van der Waals surface area contributed by atoms with Crippen LogP contribution in [0, 0.1) is 5.92 Å². The van der Waals surface area contributed by atoms with E-state index in [1.807, 2.05) is 7.05 Å². The fraction of sp³-hybridized carbons (Fsp3) is 0.929. The SMILES string of the molecule is CCC[C@H]1CCCC[C@@H]1NC(=O)N(C)CCC. The third-order valence-electron chi connectivity index (χ3n) is 3.78. The smallest absolute Gasteiger partial charge is 0.317 e. The third-order valence-corrected chi connectivity index (χ3v) is 3.78. The van der Waals surface area contributed by atoms with Gasteiger partial charge in [0.15, 0.2) is 0 Å². The van der Waals surface area contributed by atoms with Crippen LogP contribution in [0.5, 0.6) is 0 Å². The molecular weight excluding hydrogens is 212 g/mol. The van der Waals surface area contributed by atoms with Gasteiger partial charge in [-0.05, 0) is 31.6 Å². The van der Waals surface area contributed by atoms with Gasteiger partial charge in [-0.25, -0.2) is 4.79 Å². The molecule has 100 valence electrons. The van der Waals surface area contributed by atoms with Gasteiger partial charge in [-0.15, -0.1) is 0 Å². The van der Waals surface area contributed by atoms with Crippen molar-refractivity contribution in [3.05, 3.63) is 0 Å². The number of nitrogens with one attached hydrogen (secondary N) is 1. The summed E-state index contributed by atoms with van der Waals surface area (Å²) in [6.07, 6.45) is 8.55. The maximum absolute atomic E-state index is 12.0. The van der Waals surface area contributed by atoms with Gasteiger partial charge in [-0.1, -0.05) is 33.1 Å². The average molecular weight is 240 g/mol. The molecule has 1 fully saturated rings. The lowest BCUT2D eigenvalue weighted by atomic mass is 9.82. The van der Waals surface area contributed by atoms with Gasteiger partial charge in [-0.3, -0.25) is 0 Å². The molecule has 1 aliphatic rings. The lowest BCUT2D eigenvalue weighted by molar-refractivity contribution is 0.186. The van der Waals surface area contributed by atoms with E-state index in [1.54, 1.807) is 4.90 Å². The highest BCUT2D eigenvalue weighted by molar-refractivity contribution is 5.74. The summed E-state index contributed by atoms with van der Waals surface area (Å²) in [4.78, 5) is 13.8. The quantitative estimate of drug-likeness (QED) is 0.785. The number of nitrogens with zero attached hydrogens (tertiary/aromatic N) is 1. The first-order valence-electron chi connectivity index (χ1n) is 7.20. The molecule has 2 atom stereocenters. The second-order valence-corrected chi connectivity index (χ2v) is 5.31. The van der Waals surface area contributed by atoms with E-state index in [9.17, 15) is 4.79 Å². The van der Waals surface area contributed by atoms with Crippen LogP contribution in [0.3, 0.4) is 0 Å². The molecule has 2 amide bonds. The number of carbonyl (C=O) groups is 1. The Morgan fingerprint density at radius 1 is 1.24 bits per heavy atom. The van der Waals surface area contributed by atoms with Crippen LogP contribution in [-0.4, -0.2) is 30.6 Å². The van der Waals surface area contributed by atoms with Gasteiger partial charge in [0.1, 0.15) is 0 Å². The van der Waals surface area contributed by atoms with Gasteiger partial charge >= 0.3 is 6.03 Å². The van der Waals surface area contributed by atoms with Gasteiger partial charge in [0, 0.05) is 19.6 Å². The molecule has 3 nitrogen and oxygen atoms in total. The number of rotatable bonds is 5. The Bertz CT molecular complexity index is 228. The van der Waals surface area contributed by atoms with Gasteiger partial charge in [0.25, 0.3) is 0 Å². The van der Waals surface area contributed by atoms with E-state index in [-0.39, 0.29) is 6.03 Å². The van der Waals surface area contributed by atoms with Gasteiger partial charge in [0.05, 0.1) is 0 Å². The first-order valence-corrected chi connectivity index (χ1v) is 7.20. The number of carbonyl (C=O) groups excluding carboxylic acids is 1. The van der Waals surface area contributed by atoms with Crippen LogP contribution in [0.2, 0.25) is 0 Å². The standard InChI is InChI=1S/C14H28N2O/c1-4-8-12-9-6-7-10-13(12)15-14(17)16(3)11-5-2/h12-13H,4-11H2,1-3H3,(H,15,17)/t12-,13-/m0/s1. The highest BCUT2D eigenvalue weighted by atomic mass is 16.2. The Kier molecular flexibility index (Phi) is 6.38. The van der Waals surface area contributed by atoms with Gasteiger partial charge in [0.2, 0.25) is 0 Å². The average Bonchev–Trinajstić information content (AvgIpc) is 2.32. The van der Waals surface area contributed by atoms with E-state index in [0.717, 1.165) is 19.4 Å². The molecule has 0 heterocycles. The van der Waals surface area contributed by atoms with Crippen molar-refractivity contribution in [3.8, 4) is 0 Å². The molecule has 0 aromatic carbocycles. The van der Waals surface area contributed by atoms with Crippen LogP contribution in [-0.2, 0) is 0 Å². The van der Waals surface area contributed by atoms with Crippen LogP contribution in [0.1, 0.15) is 58.8 Å². The zero-order valence-corrected chi connectivity index (χ0v) is 11.7. The van der Waals surface area contributed by atoms with Crippen LogP contribution in [0.15, 0.2) is 0 Å². The van der Waals surface area contributed by atoms with Crippen molar-refractivity contribution >= 4 is 6.03 Å². The molecule has 3 heteroatoms. The van der Waals surface area contributed by atoms with Crippen LogP contribution >= 0.6 is 0 Å². The Labute approximate surface area is 106 Å². The number of urea groups is 1. The largest absolute Gasteiger partial charge is 0.335 e. The summed E-state index contributed by atoms with van der Waals surface area (Å²) in [5.41, 5.74) is 0. The minimum Gasteiger partial charge on any atom is -0.335 e. The molecule has 0 aromatic rings. The maximum Gasteiger partial charge on any atom is 0.317 e. The molecular formula is C14H28N2O. The summed E-state index contributed by atoms with van der Waals surface area (Å²) in [7, 11) is 1.89. The van der Waals surface area contributed by atoms with E-state index in [2.05, 4.69) is 19.2 Å². The normalized spacial score (nSPS) is 24.4. The van der Waals surface area contributed by atoms with Gasteiger partial charge in [-0.2, -0.15) is 0 Å². The van der Waals surface area contributed by atoms with Crippen molar-refractivity contribution in [2.75, 3.05) is 13.6 Å². The molecule has 0 bridgehead atoms. The fourth-order valence-corrected chi connectivity index (χ4v) is 2.82. The molecule has 1 aliphatic carbocycles. The van der Waals surface area contributed by atoms with Crippen LogP contribution in [0.4, 0.5) is 4.79 Å².